The summed E-state index contributed by atoms with van der Waals surface area (Å²) < 4.78 is 0. The van der Waals surface area contributed by atoms with Crippen molar-refractivity contribution < 1.29 is 4.79 Å². The van der Waals surface area contributed by atoms with Gasteiger partial charge in [-0.3, -0.25) is 9.78 Å². The predicted molar refractivity (Wildman–Crippen MR) is 112 cm³/mol. The monoisotopic (exact) mass is 398 g/mol. The van der Waals surface area contributed by atoms with Crippen molar-refractivity contribution >= 4 is 30.7 Å². The molecule has 0 saturated heterocycles. The second kappa shape index (κ2) is 10.5. The van der Waals surface area contributed by atoms with Crippen LogP contribution in [0.4, 0.5) is 0 Å². The number of carbonyl (C=O) groups is 1. The summed E-state index contributed by atoms with van der Waals surface area (Å²) >= 11 is 0. The molecule has 0 aliphatic heterocycles. The van der Waals surface area contributed by atoms with E-state index in [1.165, 1.54) is 0 Å². The Bertz CT molecular complexity index is 746. The zero-order valence-electron chi connectivity index (χ0n) is 15.4. The standard InChI is InChI=1S/C19H26N4O.2ClH/c1-11(2)8-16-15(10-21)18(17(19(22)24)12(3)23-16)14-6-4-13(9-20)5-7-14;;/h4-7,11H,8-10,20-21H2,1-3H3,(H2,22,24);2*1H. The van der Waals surface area contributed by atoms with Gasteiger partial charge in [0.2, 0.25) is 0 Å². The molecule has 0 radical (unpaired) electrons. The molecule has 26 heavy (non-hydrogen) atoms. The third kappa shape index (κ3) is 5.17. The molecule has 0 aliphatic rings. The number of hydrogen-bond donors (Lipinski definition) is 3. The summed E-state index contributed by atoms with van der Waals surface area (Å²) in [5.74, 6) is -0.0437. The smallest absolute Gasteiger partial charge is 0.251 e. The molecule has 0 unspecified atom stereocenters. The number of aryl methyl sites for hydroxylation is 1. The number of nitrogens with zero attached hydrogens (tertiary/aromatic N) is 1. The molecule has 2 aromatic rings. The molecular formula is C19H28Cl2N4O. The molecule has 1 heterocycles. The lowest BCUT2D eigenvalue weighted by Crippen LogP contribution is -2.20. The maximum Gasteiger partial charge on any atom is 0.251 e. The Kier molecular flexibility index (Phi) is 9.81. The Morgan fingerprint density at radius 3 is 2.08 bits per heavy atom. The number of aromatic nitrogens is 1. The molecule has 0 aliphatic carbocycles. The van der Waals surface area contributed by atoms with Gasteiger partial charge in [-0.25, -0.2) is 0 Å². The normalized spacial score (nSPS) is 10.2. The van der Waals surface area contributed by atoms with Gasteiger partial charge in [0.1, 0.15) is 0 Å². The van der Waals surface area contributed by atoms with Gasteiger partial charge in [-0.2, -0.15) is 0 Å². The van der Waals surface area contributed by atoms with E-state index in [2.05, 4.69) is 18.8 Å². The lowest BCUT2D eigenvalue weighted by atomic mass is 9.89. The van der Waals surface area contributed by atoms with Gasteiger partial charge < -0.3 is 17.2 Å². The highest BCUT2D eigenvalue weighted by Gasteiger charge is 2.22. The van der Waals surface area contributed by atoms with Crippen LogP contribution in [-0.2, 0) is 19.5 Å². The Labute approximate surface area is 167 Å². The summed E-state index contributed by atoms with van der Waals surface area (Å²) in [7, 11) is 0. The number of amides is 1. The lowest BCUT2D eigenvalue weighted by Gasteiger charge is -2.19. The maximum absolute atomic E-state index is 12.1. The summed E-state index contributed by atoms with van der Waals surface area (Å²) in [5, 5.41) is 0. The number of benzene rings is 1. The maximum atomic E-state index is 12.1. The molecule has 0 saturated carbocycles. The fourth-order valence-corrected chi connectivity index (χ4v) is 3.00. The van der Waals surface area contributed by atoms with Crippen LogP contribution in [0.25, 0.3) is 11.1 Å². The van der Waals surface area contributed by atoms with Crippen molar-refractivity contribution in [2.45, 2.75) is 40.3 Å². The molecule has 144 valence electrons. The van der Waals surface area contributed by atoms with Crippen molar-refractivity contribution in [1.82, 2.24) is 4.98 Å². The topological polar surface area (TPSA) is 108 Å². The fourth-order valence-electron chi connectivity index (χ4n) is 3.00. The van der Waals surface area contributed by atoms with Crippen molar-refractivity contribution in [2.75, 3.05) is 0 Å². The summed E-state index contributed by atoms with van der Waals surface area (Å²) in [6.45, 7) is 6.87. The first kappa shape index (κ1) is 24.3. The first-order valence-corrected chi connectivity index (χ1v) is 8.20. The molecular weight excluding hydrogens is 371 g/mol. The van der Waals surface area contributed by atoms with E-state index in [9.17, 15) is 4.79 Å². The van der Waals surface area contributed by atoms with Crippen molar-refractivity contribution in [3.8, 4) is 11.1 Å². The lowest BCUT2D eigenvalue weighted by molar-refractivity contribution is 0.1000. The van der Waals surface area contributed by atoms with E-state index in [0.29, 0.717) is 30.3 Å². The van der Waals surface area contributed by atoms with E-state index in [4.69, 9.17) is 17.2 Å². The van der Waals surface area contributed by atoms with Crippen LogP contribution in [-0.4, -0.2) is 10.9 Å². The van der Waals surface area contributed by atoms with Gasteiger partial charge in [0.25, 0.3) is 5.91 Å². The van der Waals surface area contributed by atoms with Gasteiger partial charge >= 0.3 is 0 Å². The molecule has 6 N–H and O–H groups in total. The van der Waals surface area contributed by atoms with E-state index in [1.807, 2.05) is 31.2 Å². The van der Waals surface area contributed by atoms with Gasteiger partial charge in [0.05, 0.1) is 11.3 Å². The van der Waals surface area contributed by atoms with Crippen LogP contribution in [0.15, 0.2) is 24.3 Å². The minimum absolute atomic E-state index is 0. The zero-order chi connectivity index (χ0) is 17.9. The highest BCUT2D eigenvalue weighted by molar-refractivity contribution is 6.01. The number of nitrogens with two attached hydrogens (primary N) is 3. The molecule has 0 fully saturated rings. The highest BCUT2D eigenvalue weighted by atomic mass is 35.5. The fraction of sp³-hybridized carbons (Fsp3) is 0.368. The van der Waals surface area contributed by atoms with Crippen molar-refractivity contribution in [3.05, 3.63) is 52.3 Å². The van der Waals surface area contributed by atoms with Crippen LogP contribution >= 0.6 is 24.8 Å². The first-order valence-electron chi connectivity index (χ1n) is 8.20. The number of hydrogen-bond acceptors (Lipinski definition) is 4. The number of halogens is 2. The van der Waals surface area contributed by atoms with Gasteiger partial charge in [0.15, 0.2) is 0 Å². The Morgan fingerprint density at radius 2 is 1.65 bits per heavy atom. The Balaban J connectivity index is 0.00000312. The summed E-state index contributed by atoms with van der Waals surface area (Å²) in [6.07, 6.45) is 0.806. The summed E-state index contributed by atoms with van der Waals surface area (Å²) in [4.78, 5) is 16.7. The third-order valence-corrected chi connectivity index (χ3v) is 4.10. The average Bonchev–Trinajstić information content (AvgIpc) is 2.53. The van der Waals surface area contributed by atoms with Crippen LogP contribution < -0.4 is 17.2 Å². The van der Waals surface area contributed by atoms with Gasteiger partial charge in [0, 0.05) is 24.3 Å². The van der Waals surface area contributed by atoms with E-state index < -0.39 is 5.91 Å². The van der Waals surface area contributed by atoms with Crippen LogP contribution in [0.3, 0.4) is 0 Å². The van der Waals surface area contributed by atoms with Gasteiger partial charge in [-0.1, -0.05) is 38.1 Å². The van der Waals surface area contributed by atoms with Gasteiger partial charge in [-0.15, -0.1) is 24.8 Å². The quantitative estimate of drug-likeness (QED) is 0.694. The molecule has 0 spiro atoms. The molecule has 1 aromatic carbocycles. The van der Waals surface area contributed by atoms with Gasteiger partial charge in [-0.05, 0) is 36.0 Å². The van der Waals surface area contributed by atoms with Crippen molar-refractivity contribution in [3.63, 3.8) is 0 Å². The van der Waals surface area contributed by atoms with Crippen LogP contribution in [0.1, 0.15) is 46.7 Å². The number of rotatable bonds is 6. The number of primary amides is 1. The van der Waals surface area contributed by atoms with Crippen LogP contribution in [0.5, 0.6) is 0 Å². The summed E-state index contributed by atoms with van der Waals surface area (Å²) in [5.41, 5.74) is 23.0. The van der Waals surface area contributed by atoms with Crippen molar-refractivity contribution in [1.29, 1.82) is 0 Å². The predicted octanol–water partition coefficient (Wildman–Crippen LogP) is 3.12. The number of carbonyl (C=O) groups excluding carboxylic acids is 1. The molecule has 1 amide bonds. The van der Waals surface area contributed by atoms with E-state index in [1.54, 1.807) is 0 Å². The largest absolute Gasteiger partial charge is 0.366 e. The van der Waals surface area contributed by atoms with E-state index in [-0.39, 0.29) is 24.8 Å². The Morgan fingerprint density at radius 1 is 1.08 bits per heavy atom. The number of pyridine rings is 1. The van der Waals surface area contributed by atoms with Crippen LogP contribution in [0, 0.1) is 12.8 Å². The van der Waals surface area contributed by atoms with Crippen molar-refractivity contribution in [2.24, 2.45) is 23.1 Å². The zero-order valence-corrected chi connectivity index (χ0v) is 17.0. The molecule has 5 nitrogen and oxygen atoms in total. The average molecular weight is 399 g/mol. The minimum atomic E-state index is -0.483. The molecule has 0 bridgehead atoms. The minimum Gasteiger partial charge on any atom is -0.366 e. The second-order valence-corrected chi connectivity index (χ2v) is 6.44. The van der Waals surface area contributed by atoms with E-state index >= 15 is 0 Å². The SMILES string of the molecule is Cc1nc(CC(C)C)c(CN)c(-c2ccc(CN)cc2)c1C(N)=O.Cl.Cl. The molecule has 0 atom stereocenters. The van der Waals surface area contributed by atoms with Crippen LogP contribution in [0.2, 0.25) is 0 Å². The molecule has 1 aromatic heterocycles. The Hall–Kier alpha value is -1.66. The highest BCUT2D eigenvalue weighted by Crippen LogP contribution is 2.32. The first-order chi connectivity index (χ1) is 11.4. The molecule has 2 rings (SSSR count). The van der Waals surface area contributed by atoms with E-state index in [0.717, 1.165) is 34.4 Å². The summed E-state index contributed by atoms with van der Waals surface area (Å²) in [6, 6.07) is 7.83. The second-order valence-electron chi connectivity index (χ2n) is 6.44. The third-order valence-electron chi connectivity index (χ3n) is 4.10. The molecule has 7 heteroatoms.